The molecule has 2 aliphatic heterocycles. The summed E-state index contributed by atoms with van der Waals surface area (Å²) in [6, 6.07) is 6.34. The minimum atomic E-state index is -3.17. The summed E-state index contributed by atoms with van der Waals surface area (Å²) in [6.07, 6.45) is 0.256. The SMILES string of the molecule is CCNC(=O)Nc1cc(C#N)ccc1OCC(O)CN1CC2CC(C1)CN(S(=O)(=O)CC)C2. The number of aliphatic hydroxyl groups is 1. The number of nitriles is 1. The van der Waals surface area contributed by atoms with Crippen LogP contribution >= 0.6 is 0 Å². The topological polar surface area (TPSA) is 135 Å². The number of rotatable bonds is 9. The highest BCUT2D eigenvalue weighted by Gasteiger charge is 2.38. The van der Waals surface area contributed by atoms with Crippen LogP contribution < -0.4 is 15.4 Å². The number of urea groups is 1. The van der Waals surface area contributed by atoms with Gasteiger partial charge in [0.2, 0.25) is 10.0 Å². The summed E-state index contributed by atoms with van der Waals surface area (Å²) >= 11 is 0. The molecule has 2 fully saturated rings. The van der Waals surface area contributed by atoms with Gasteiger partial charge in [-0.3, -0.25) is 4.90 Å². The average Bonchev–Trinajstić information content (AvgIpc) is 2.77. The van der Waals surface area contributed by atoms with Gasteiger partial charge in [-0.1, -0.05) is 0 Å². The maximum Gasteiger partial charge on any atom is 0.319 e. The summed E-state index contributed by atoms with van der Waals surface area (Å²) in [5, 5.41) is 25.0. The molecule has 3 atom stereocenters. The van der Waals surface area contributed by atoms with Crippen LogP contribution in [0.15, 0.2) is 18.2 Å². The molecule has 1 aromatic rings. The second-order valence-electron chi connectivity index (χ2n) is 8.68. The molecule has 0 saturated carbocycles. The first-order valence-corrected chi connectivity index (χ1v) is 12.9. The highest BCUT2D eigenvalue weighted by atomic mass is 32.2. The Morgan fingerprint density at radius 3 is 2.58 bits per heavy atom. The van der Waals surface area contributed by atoms with Gasteiger partial charge in [-0.25, -0.2) is 17.5 Å². The molecule has 3 unspecified atom stereocenters. The van der Waals surface area contributed by atoms with Crippen LogP contribution in [0, 0.1) is 23.2 Å². The van der Waals surface area contributed by atoms with Crippen molar-refractivity contribution in [3.05, 3.63) is 23.8 Å². The molecule has 10 nitrogen and oxygen atoms in total. The van der Waals surface area contributed by atoms with E-state index in [1.54, 1.807) is 30.3 Å². The Balaban J connectivity index is 1.55. The predicted octanol–water partition coefficient (Wildman–Crippen LogP) is 1.04. The van der Waals surface area contributed by atoms with Crippen molar-refractivity contribution < 1.29 is 23.1 Å². The number of sulfonamides is 1. The summed E-state index contributed by atoms with van der Waals surface area (Å²) in [7, 11) is -3.17. The van der Waals surface area contributed by atoms with Crippen molar-refractivity contribution in [1.82, 2.24) is 14.5 Å². The molecule has 33 heavy (non-hydrogen) atoms. The number of carbonyl (C=O) groups excluding carboxylic acids is 1. The van der Waals surface area contributed by atoms with Crippen LogP contribution in [0.4, 0.5) is 10.5 Å². The lowest BCUT2D eigenvalue weighted by molar-refractivity contribution is 0.0169. The molecule has 3 rings (SSSR count). The van der Waals surface area contributed by atoms with Gasteiger partial charge in [-0.05, 0) is 50.3 Å². The fraction of sp³-hybridized carbons (Fsp3) is 0.636. The molecule has 11 heteroatoms. The summed E-state index contributed by atoms with van der Waals surface area (Å²) in [4.78, 5) is 14.1. The molecule has 2 saturated heterocycles. The highest BCUT2D eigenvalue weighted by molar-refractivity contribution is 7.89. The van der Waals surface area contributed by atoms with Gasteiger partial charge in [0, 0.05) is 39.3 Å². The van der Waals surface area contributed by atoms with Crippen molar-refractivity contribution in [2.75, 3.05) is 56.9 Å². The molecular weight excluding hydrogens is 446 g/mol. The fourth-order valence-corrected chi connectivity index (χ4v) is 5.83. The van der Waals surface area contributed by atoms with Crippen molar-refractivity contribution in [2.24, 2.45) is 11.8 Å². The van der Waals surface area contributed by atoms with Crippen molar-refractivity contribution in [3.8, 4) is 11.8 Å². The summed E-state index contributed by atoms with van der Waals surface area (Å²) in [5.41, 5.74) is 0.741. The number of amides is 2. The van der Waals surface area contributed by atoms with E-state index in [0.29, 0.717) is 43.2 Å². The second-order valence-corrected chi connectivity index (χ2v) is 10.9. The molecule has 2 heterocycles. The number of ether oxygens (including phenoxy) is 1. The van der Waals surface area contributed by atoms with Gasteiger partial charge >= 0.3 is 6.03 Å². The average molecular weight is 480 g/mol. The van der Waals surface area contributed by atoms with Crippen molar-refractivity contribution in [1.29, 1.82) is 5.26 Å². The number of anilines is 1. The minimum Gasteiger partial charge on any atom is -0.489 e. The van der Waals surface area contributed by atoms with Crippen LogP contribution in [0.5, 0.6) is 5.75 Å². The Morgan fingerprint density at radius 2 is 1.97 bits per heavy atom. The van der Waals surface area contributed by atoms with E-state index >= 15 is 0 Å². The third-order valence-corrected chi connectivity index (χ3v) is 7.79. The van der Waals surface area contributed by atoms with Gasteiger partial charge in [0.1, 0.15) is 18.5 Å². The molecular formula is C22H33N5O5S. The lowest BCUT2D eigenvalue weighted by atomic mass is 9.85. The smallest absolute Gasteiger partial charge is 0.319 e. The number of β-amino-alcohol motifs (C(OH)–C–C–N with tert-alkyl or cyclic N) is 1. The number of benzene rings is 1. The number of nitrogens with zero attached hydrogens (tertiary/aromatic N) is 3. The lowest BCUT2D eigenvalue weighted by Gasteiger charge is -2.45. The number of fused-ring (bicyclic) bond motifs is 2. The molecule has 3 N–H and O–H groups in total. The molecule has 0 aromatic heterocycles. The molecule has 2 amide bonds. The fourth-order valence-electron chi connectivity index (χ4n) is 4.59. The minimum absolute atomic E-state index is 0.0259. The van der Waals surface area contributed by atoms with Crippen LogP contribution in [-0.2, 0) is 10.0 Å². The van der Waals surface area contributed by atoms with Crippen molar-refractivity contribution in [2.45, 2.75) is 26.4 Å². The van der Waals surface area contributed by atoms with E-state index in [0.717, 1.165) is 19.5 Å². The van der Waals surface area contributed by atoms with Gasteiger partial charge < -0.3 is 20.5 Å². The van der Waals surface area contributed by atoms with Crippen LogP contribution in [-0.4, -0.2) is 86.5 Å². The Hall–Kier alpha value is -2.39. The van der Waals surface area contributed by atoms with Gasteiger partial charge in [0.05, 0.1) is 23.1 Å². The zero-order valence-corrected chi connectivity index (χ0v) is 20.0. The molecule has 0 radical (unpaired) electrons. The maximum atomic E-state index is 12.2. The zero-order valence-electron chi connectivity index (χ0n) is 19.2. The van der Waals surface area contributed by atoms with Gasteiger partial charge in [0.25, 0.3) is 0 Å². The largest absolute Gasteiger partial charge is 0.489 e. The van der Waals surface area contributed by atoms with Crippen molar-refractivity contribution >= 4 is 21.7 Å². The normalized spacial score (nSPS) is 22.2. The van der Waals surface area contributed by atoms with E-state index in [1.807, 2.05) is 6.07 Å². The number of aliphatic hydroxyl groups excluding tert-OH is 1. The van der Waals surface area contributed by atoms with Gasteiger partial charge in [-0.2, -0.15) is 5.26 Å². The molecule has 182 valence electrons. The van der Waals surface area contributed by atoms with Crippen LogP contribution in [0.2, 0.25) is 0 Å². The third kappa shape index (κ3) is 6.80. The van der Waals surface area contributed by atoms with E-state index in [4.69, 9.17) is 10.00 Å². The van der Waals surface area contributed by atoms with E-state index in [-0.39, 0.29) is 24.2 Å². The Morgan fingerprint density at radius 1 is 1.27 bits per heavy atom. The number of nitrogens with one attached hydrogen (secondary N) is 2. The predicted molar refractivity (Wildman–Crippen MR) is 124 cm³/mol. The molecule has 0 aliphatic carbocycles. The molecule has 1 aromatic carbocycles. The van der Waals surface area contributed by atoms with E-state index in [1.165, 1.54) is 6.07 Å². The summed E-state index contributed by atoms with van der Waals surface area (Å²) < 4.78 is 31.9. The Bertz CT molecular complexity index is 966. The number of hydrogen-bond acceptors (Lipinski definition) is 7. The number of piperidine rings is 2. The summed E-state index contributed by atoms with van der Waals surface area (Å²) in [5.74, 6) is 1.02. The van der Waals surface area contributed by atoms with E-state index in [2.05, 4.69) is 15.5 Å². The Kier molecular flexibility index (Phi) is 8.53. The zero-order chi connectivity index (χ0) is 24.0. The number of hydrogen-bond donors (Lipinski definition) is 3. The van der Waals surface area contributed by atoms with Crippen molar-refractivity contribution in [3.63, 3.8) is 0 Å². The quantitative estimate of drug-likeness (QED) is 0.482. The van der Waals surface area contributed by atoms with Gasteiger partial charge in [0.15, 0.2) is 0 Å². The van der Waals surface area contributed by atoms with E-state index < -0.39 is 22.2 Å². The van der Waals surface area contributed by atoms with Crippen LogP contribution in [0.1, 0.15) is 25.8 Å². The monoisotopic (exact) mass is 479 g/mol. The molecule has 2 aliphatic rings. The first-order valence-electron chi connectivity index (χ1n) is 11.3. The second kappa shape index (κ2) is 11.2. The van der Waals surface area contributed by atoms with E-state index in [9.17, 15) is 18.3 Å². The van der Waals surface area contributed by atoms with Crippen LogP contribution in [0.25, 0.3) is 0 Å². The first-order chi connectivity index (χ1) is 15.7. The summed E-state index contributed by atoms with van der Waals surface area (Å²) in [6.45, 7) is 6.93. The highest BCUT2D eigenvalue weighted by Crippen LogP contribution is 2.30. The van der Waals surface area contributed by atoms with Gasteiger partial charge in [-0.15, -0.1) is 0 Å². The maximum absolute atomic E-state index is 12.2. The first kappa shape index (κ1) is 25.2. The molecule has 2 bridgehead atoms. The molecule has 0 spiro atoms. The number of carbonyl (C=O) groups is 1. The Labute approximate surface area is 195 Å². The van der Waals surface area contributed by atoms with Crippen LogP contribution in [0.3, 0.4) is 0 Å². The number of likely N-dealkylation sites (tertiary alicyclic amines) is 1. The lowest BCUT2D eigenvalue weighted by Crippen LogP contribution is -2.55. The standard InChI is InChI=1S/C22H33N5O5S/c1-3-24-22(29)25-20-8-16(9-23)5-6-21(20)32-15-19(28)14-26-10-17-7-18(11-26)13-27(12-17)33(30,31)4-2/h5-6,8,17-19,28H,3-4,7,10-15H2,1-2H3,(H2,24,25,29). The third-order valence-electron chi connectivity index (χ3n) is 5.98.